The van der Waals surface area contributed by atoms with E-state index in [9.17, 15) is 74.6 Å². The van der Waals surface area contributed by atoms with E-state index in [4.69, 9.17) is 0 Å². The van der Waals surface area contributed by atoms with Crippen LogP contribution >= 0.6 is 0 Å². The van der Waals surface area contributed by atoms with Crippen LogP contribution in [0, 0.1) is 0 Å². The van der Waals surface area contributed by atoms with Crippen LogP contribution in [0.4, 0.5) is 74.6 Å². The Balaban J connectivity index is 5.56. The van der Waals surface area contributed by atoms with Crippen molar-refractivity contribution < 1.29 is 93.6 Å². The van der Waals surface area contributed by atoms with Crippen LogP contribution in [-0.2, 0) is 18.9 Å². The molecule has 3 unspecified atom stereocenters. The molecule has 0 spiro atoms. The Morgan fingerprint density at radius 2 is 1.03 bits per heavy atom. The summed E-state index contributed by atoms with van der Waals surface area (Å²) in [7, 11) is 1.92. The van der Waals surface area contributed by atoms with Crippen molar-refractivity contribution in [3.63, 3.8) is 0 Å². The zero-order valence-electron chi connectivity index (χ0n) is 18.2. The minimum absolute atomic E-state index is 0.562. The molecule has 224 valence electrons. The fraction of sp³-hybridized carbons (Fsp3) is 1.00. The summed E-state index contributed by atoms with van der Waals surface area (Å²) in [6, 6.07) is 0. The third-order valence-electron chi connectivity index (χ3n) is 3.62. The van der Waals surface area contributed by atoms with Crippen molar-refractivity contribution in [3.8, 4) is 0 Å². The molecule has 0 saturated carbocycles. The molecule has 0 rings (SSSR count). The number of likely N-dealkylation sites (N-methyl/N-ethyl adjacent to an activating group) is 1. The second-order valence-corrected chi connectivity index (χ2v) is 7.30. The Morgan fingerprint density at radius 1 is 0.622 bits per heavy atom. The minimum Gasteiger partial charge on any atom is -0.313 e. The molecule has 0 radical (unpaired) electrons. The van der Waals surface area contributed by atoms with Gasteiger partial charge in [-0.25, -0.2) is 8.78 Å². The first-order valence-electron chi connectivity index (χ1n) is 8.94. The Hall–Kier alpha value is -1.39. The molecular formula is C15H16F17NO4. The quantitative estimate of drug-likeness (QED) is 0.224. The summed E-state index contributed by atoms with van der Waals surface area (Å²) in [5.41, 5.74) is 0. The van der Waals surface area contributed by atoms with Crippen LogP contribution < -0.4 is 0 Å². The van der Waals surface area contributed by atoms with Gasteiger partial charge in [-0.2, -0.15) is 65.9 Å². The van der Waals surface area contributed by atoms with Crippen LogP contribution in [0.2, 0.25) is 0 Å². The number of hydrogen-bond acceptors (Lipinski definition) is 5. The van der Waals surface area contributed by atoms with E-state index in [1.807, 2.05) is 0 Å². The third-order valence-corrected chi connectivity index (χ3v) is 3.62. The molecule has 0 saturated heterocycles. The molecule has 37 heavy (non-hydrogen) atoms. The lowest BCUT2D eigenvalue weighted by Crippen LogP contribution is -2.56. The van der Waals surface area contributed by atoms with Crippen LogP contribution in [0.15, 0.2) is 0 Å². The lowest BCUT2D eigenvalue weighted by molar-refractivity contribution is -0.467. The summed E-state index contributed by atoms with van der Waals surface area (Å²) in [5.74, 6) is -12.4. The molecule has 0 amide bonds. The molecule has 0 heterocycles. The molecule has 0 aromatic carbocycles. The van der Waals surface area contributed by atoms with E-state index in [0.717, 1.165) is 19.0 Å². The molecule has 0 bridgehead atoms. The highest BCUT2D eigenvalue weighted by atomic mass is 19.4. The fourth-order valence-electron chi connectivity index (χ4n) is 1.82. The van der Waals surface area contributed by atoms with Crippen molar-refractivity contribution in [2.45, 2.75) is 68.2 Å². The summed E-state index contributed by atoms with van der Waals surface area (Å²) in [4.78, 5) is 0.743. The van der Waals surface area contributed by atoms with Gasteiger partial charge >= 0.3 is 42.5 Å². The largest absolute Gasteiger partial charge is 0.462 e. The van der Waals surface area contributed by atoms with Crippen molar-refractivity contribution in [3.05, 3.63) is 0 Å². The van der Waals surface area contributed by atoms with Gasteiger partial charge in [0.1, 0.15) is 6.10 Å². The Kier molecular flexibility index (Phi) is 11.0. The average molecular weight is 597 g/mol. The molecular weight excluding hydrogens is 581 g/mol. The lowest BCUT2D eigenvalue weighted by Gasteiger charge is -2.32. The van der Waals surface area contributed by atoms with Gasteiger partial charge in [-0.15, -0.1) is 0 Å². The molecule has 22 heteroatoms. The predicted molar refractivity (Wildman–Crippen MR) is 82.8 cm³/mol. The molecule has 0 aromatic rings. The summed E-state index contributed by atoms with van der Waals surface area (Å²) < 4.78 is 231. The first kappa shape index (κ1) is 35.6. The topological polar surface area (TPSA) is 40.2 Å². The Bertz CT molecular complexity index is 724. The first-order chi connectivity index (χ1) is 16.0. The molecule has 0 aliphatic heterocycles. The maximum absolute atomic E-state index is 13.7. The number of alkyl halides is 17. The van der Waals surface area contributed by atoms with Gasteiger partial charge in [-0.3, -0.25) is 9.47 Å². The zero-order valence-corrected chi connectivity index (χ0v) is 18.2. The second-order valence-electron chi connectivity index (χ2n) is 7.30. The van der Waals surface area contributed by atoms with Gasteiger partial charge in [0.15, 0.2) is 0 Å². The van der Waals surface area contributed by atoms with Gasteiger partial charge in [-0.1, -0.05) is 0 Å². The highest BCUT2D eigenvalue weighted by Crippen LogP contribution is 2.48. The van der Waals surface area contributed by atoms with Crippen LogP contribution in [0.5, 0.6) is 0 Å². The third kappa shape index (κ3) is 9.39. The second kappa shape index (κ2) is 11.4. The maximum Gasteiger partial charge on any atom is 0.462 e. The summed E-state index contributed by atoms with van der Waals surface area (Å²) >= 11 is 0. The van der Waals surface area contributed by atoms with Gasteiger partial charge in [-0.05, 0) is 14.1 Å². The Morgan fingerprint density at radius 3 is 1.41 bits per heavy atom. The van der Waals surface area contributed by atoms with E-state index < -0.39 is 81.4 Å². The molecule has 3 atom stereocenters. The summed E-state index contributed by atoms with van der Waals surface area (Å²) in [5, 5.41) is 0. The van der Waals surface area contributed by atoms with Crippen molar-refractivity contribution in [1.82, 2.24) is 4.90 Å². The molecule has 0 N–H and O–H groups in total. The standard InChI is InChI=1S/C15H16F17NO4/c1-9(18,19)14(29,30)36-8(17)11(22,23)35-6(4-33(2)3)5-34-10(20,21)7(16)37-15(31,32)12(24,25)13(26,27)28/h6-8H,4-5H2,1-3H3. The molecule has 0 aliphatic rings. The van der Waals surface area contributed by atoms with E-state index >= 15 is 0 Å². The highest BCUT2D eigenvalue weighted by molar-refractivity contribution is 4.85. The first-order valence-corrected chi connectivity index (χ1v) is 8.94. The smallest absolute Gasteiger partial charge is 0.313 e. The van der Waals surface area contributed by atoms with Crippen molar-refractivity contribution in [1.29, 1.82) is 0 Å². The summed E-state index contributed by atoms with van der Waals surface area (Å²) in [6.07, 6.45) is -44.0. The predicted octanol–water partition coefficient (Wildman–Crippen LogP) is 5.80. The van der Waals surface area contributed by atoms with Crippen LogP contribution in [0.25, 0.3) is 0 Å². The normalized spacial score (nSPS) is 17.8. The number of hydrogen-bond donors (Lipinski definition) is 0. The SMILES string of the molecule is CN(C)CC(COC(F)(F)C(F)OC(F)(F)C(F)(F)C(F)(F)F)OC(F)(F)C(F)OC(F)(F)C(C)(F)F. The molecule has 5 nitrogen and oxygen atoms in total. The maximum atomic E-state index is 13.7. The van der Waals surface area contributed by atoms with Crippen molar-refractivity contribution in [2.24, 2.45) is 0 Å². The minimum atomic E-state index is -7.20. The zero-order chi connectivity index (χ0) is 30.1. The molecule has 0 aliphatic carbocycles. The number of ether oxygens (including phenoxy) is 4. The van der Waals surface area contributed by atoms with E-state index in [2.05, 4.69) is 18.9 Å². The lowest BCUT2D eigenvalue weighted by atomic mass is 10.3. The molecule has 0 fully saturated rings. The Labute approximate surface area is 195 Å². The van der Waals surface area contributed by atoms with Gasteiger partial charge in [0.25, 0.3) is 12.7 Å². The van der Waals surface area contributed by atoms with Crippen molar-refractivity contribution >= 4 is 0 Å². The van der Waals surface area contributed by atoms with Crippen molar-refractivity contribution in [2.75, 3.05) is 27.2 Å². The van der Waals surface area contributed by atoms with Gasteiger partial charge < -0.3 is 14.4 Å². The van der Waals surface area contributed by atoms with Crippen LogP contribution in [0.1, 0.15) is 6.92 Å². The molecule has 0 aromatic heterocycles. The monoisotopic (exact) mass is 597 g/mol. The van der Waals surface area contributed by atoms with Gasteiger partial charge in [0.2, 0.25) is 0 Å². The average Bonchev–Trinajstić information content (AvgIpc) is 2.62. The van der Waals surface area contributed by atoms with E-state index in [1.54, 1.807) is 0 Å². The van der Waals surface area contributed by atoms with E-state index in [-0.39, 0.29) is 0 Å². The fourth-order valence-corrected chi connectivity index (χ4v) is 1.82. The highest BCUT2D eigenvalue weighted by Gasteiger charge is 2.76. The van der Waals surface area contributed by atoms with E-state index in [0.29, 0.717) is 0 Å². The number of halogens is 17. The summed E-state index contributed by atoms with van der Waals surface area (Å²) in [6.45, 7) is -3.81. The van der Waals surface area contributed by atoms with Gasteiger partial charge in [0.05, 0.1) is 6.61 Å². The number of nitrogens with zero attached hydrogens (tertiary/aromatic N) is 1. The number of rotatable bonds is 15. The van der Waals surface area contributed by atoms with E-state index in [1.165, 1.54) is 0 Å². The van der Waals surface area contributed by atoms with Crippen LogP contribution in [-0.4, -0.2) is 93.4 Å². The van der Waals surface area contributed by atoms with Gasteiger partial charge in [0, 0.05) is 13.5 Å². The van der Waals surface area contributed by atoms with Crippen LogP contribution in [0.3, 0.4) is 0 Å².